The monoisotopic (exact) mass is 376 g/mol. The van der Waals surface area contributed by atoms with E-state index < -0.39 is 0 Å². The molecule has 1 fully saturated rings. The Kier molecular flexibility index (Phi) is 5.70. The third-order valence-corrected chi connectivity index (χ3v) is 6.72. The predicted molar refractivity (Wildman–Crippen MR) is 117 cm³/mol. The Bertz CT molecular complexity index is 819. The first-order valence-corrected chi connectivity index (χ1v) is 10.9. The number of anilines is 1. The van der Waals surface area contributed by atoms with E-state index in [1.165, 1.54) is 40.8 Å². The van der Waals surface area contributed by atoms with Gasteiger partial charge in [-0.1, -0.05) is 50.2 Å². The molecule has 4 rings (SSSR count). The minimum Gasteiger partial charge on any atom is -0.385 e. The van der Waals surface area contributed by atoms with Crippen molar-refractivity contribution in [1.29, 1.82) is 0 Å². The summed E-state index contributed by atoms with van der Waals surface area (Å²) >= 11 is 0. The minimum atomic E-state index is 0.301. The molecule has 3 heteroatoms. The van der Waals surface area contributed by atoms with Crippen LogP contribution in [0.4, 0.5) is 5.69 Å². The fourth-order valence-corrected chi connectivity index (χ4v) is 4.76. The third-order valence-electron chi connectivity index (χ3n) is 6.72. The molecule has 1 saturated heterocycles. The van der Waals surface area contributed by atoms with Crippen LogP contribution < -0.4 is 5.32 Å². The van der Waals surface area contributed by atoms with Crippen LogP contribution in [0.25, 0.3) is 11.1 Å². The number of nitrogens with zero attached hydrogens (tertiary/aromatic N) is 1. The molecule has 0 bridgehead atoms. The lowest BCUT2D eigenvalue weighted by Crippen LogP contribution is -2.39. The van der Waals surface area contributed by atoms with E-state index in [1.54, 1.807) is 0 Å². The molecular formula is C25H32N2O. The van der Waals surface area contributed by atoms with Crippen molar-refractivity contribution in [2.24, 2.45) is 5.92 Å². The number of piperidine rings is 1. The summed E-state index contributed by atoms with van der Waals surface area (Å²) in [5.74, 6) is 1.51. The summed E-state index contributed by atoms with van der Waals surface area (Å²) < 4.78 is 0. The number of likely N-dealkylation sites (tertiary alicyclic amines) is 1. The van der Waals surface area contributed by atoms with Crippen LogP contribution >= 0.6 is 0 Å². The summed E-state index contributed by atoms with van der Waals surface area (Å²) in [5, 5.41) is 3.53. The first kappa shape index (κ1) is 19.0. The Morgan fingerprint density at radius 2 is 1.82 bits per heavy atom. The highest BCUT2D eigenvalue weighted by atomic mass is 16.2. The van der Waals surface area contributed by atoms with Crippen molar-refractivity contribution in [1.82, 2.24) is 4.90 Å². The average molecular weight is 377 g/mol. The number of fused-ring (bicyclic) bond motifs is 1. The van der Waals surface area contributed by atoms with E-state index in [9.17, 15) is 4.79 Å². The topological polar surface area (TPSA) is 32.3 Å². The molecule has 1 unspecified atom stereocenters. The van der Waals surface area contributed by atoms with Gasteiger partial charge >= 0.3 is 0 Å². The number of benzene rings is 2. The van der Waals surface area contributed by atoms with E-state index in [1.807, 2.05) is 11.8 Å². The summed E-state index contributed by atoms with van der Waals surface area (Å²) in [6.07, 6.45) is 5.27. The van der Waals surface area contributed by atoms with Crippen LogP contribution in [0.15, 0.2) is 42.5 Å². The number of amides is 1. The summed E-state index contributed by atoms with van der Waals surface area (Å²) in [5.41, 5.74) is 6.73. The second-order valence-electron chi connectivity index (χ2n) is 8.38. The average Bonchev–Trinajstić information content (AvgIpc) is 2.78. The van der Waals surface area contributed by atoms with Crippen LogP contribution in [0.3, 0.4) is 0 Å². The summed E-state index contributed by atoms with van der Waals surface area (Å²) in [7, 11) is 0. The SMILES string of the molecule is CCC(=O)N1CCC(C(C)c2ccc(-c3ccc4c(c3)NCCC4)cc2)CC1. The third kappa shape index (κ3) is 3.94. The summed E-state index contributed by atoms with van der Waals surface area (Å²) in [4.78, 5) is 13.9. The van der Waals surface area contributed by atoms with Crippen LogP contribution in [0.5, 0.6) is 0 Å². The van der Waals surface area contributed by atoms with Crippen LogP contribution in [0.1, 0.15) is 56.6 Å². The number of rotatable bonds is 4. The van der Waals surface area contributed by atoms with Crippen molar-refractivity contribution in [3.8, 4) is 11.1 Å². The van der Waals surface area contributed by atoms with Gasteiger partial charge in [0.1, 0.15) is 0 Å². The molecule has 2 aromatic carbocycles. The summed E-state index contributed by atoms with van der Waals surface area (Å²) in [6.45, 7) is 7.22. The second-order valence-corrected chi connectivity index (χ2v) is 8.38. The molecule has 148 valence electrons. The van der Waals surface area contributed by atoms with Gasteiger partial charge in [-0.15, -0.1) is 0 Å². The van der Waals surface area contributed by atoms with Crippen molar-refractivity contribution >= 4 is 11.6 Å². The largest absolute Gasteiger partial charge is 0.385 e. The van der Waals surface area contributed by atoms with Crippen molar-refractivity contribution in [3.05, 3.63) is 53.6 Å². The molecule has 1 atom stereocenters. The lowest BCUT2D eigenvalue weighted by Gasteiger charge is -2.35. The molecule has 0 radical (unpaired) electrons. The van der Waals surface area contributed by atoms with Crippen molar-refractivity contribution in [2.45, 2.75) is 51.9 Å². The molecule has 0 spiro atoms. The van der Waals surface area contributed by atoms with Gasteiger partial charge in [0.05, 0.1) is 0 Å². The van der Waals surface area contributed by atoms with Crippen molar-refractivity contribution < 1.29 is 4.79 Å². The zero-order chi connectivity index (χ0) is 19.5. The van der Waals surface area contributed by atoms with Crippen molar-refractivity contribution in [2.75, 3.05) is 25.0 Å². The van der Waals surface area contributed by atoms with E-state index in [0.29, 0.717) is 24.2 Å². The van der Waals surface area contributed by atoms with E-state index >= 15 is 0 Å². The molecule has 0 saturated carbocycles. The molecule has 2 aromatic rings. The zero-order valence-electron chi connectivity index (χ0n) is 17.2. The van der Waals surface area contributed by atoms with Gasteiger partial charge in [-0.25, -0.2) is 0 Å². The number of carbonyl (C=O) groups is 1. The Morgan fingerprint density at radius 3 is 2.54 bits per heavy atom. The standard InChI is InChI=1S/C25H32N2O/c1-3-25(28)27-15-12-20(13-16-27)18(2)19-6-8-21(9-7-19)23-11-10-22-5-4-14-26-24(22)17-23/h6-11,17-18,20,26H,3-5,12-16H2,1-2H3. The molecule has 0 aromatic heterocycles. The van der Waals surface area contributed by atoms with Gasteiger partial charge in [0.15, 0.2) is 0 Å². The van der Waals surface area contributed by atoms with Gasteiger partial charge in [-0.3, -0.25) is 4.79 Å². The second kappa shape index (κ2) is 8.38. The molecule has 2 aliphatic heterocycles. The lowest BCUT2D eigenvalue weighted by molar-refractivity contribution is -0.132. The molecule has 2 heterocycles. The molecule has 0 aliphatic carbocycles. The minimum absolute atomic E-state index is 0.301. The van der Waals surface area contributed by atoms with Gasteiger partial charge < -0.3 is 10.2 Å². The molecular weight excluding hydrogens is 344 g/mol. The maximum Gasteiger partial charge on any atom is 0.222 e. The van der Waals surface area contributed by atoms with E-state index in [0.717, 1.165) is 32.5 Å². The van der Waals surface area contributed by atoms with Gasteiger partial charge in [0.2, 0.25) is 5.91 Å². The Labute approximate surface area is 169 Å². The first-order chi connectivity index (χ1) is 13.7. The van der Waals surface area contributed by atoms with Gasteiger partial charge in [0.25, 0.3) is 0 Å². The first-order valence-electron chi connectivity index (χ1n) is 10.9. The molecule has 1 N–H and O–H groups in total. The molecule has 2 aliphatic rings. The highest BCUT2D eigenvalue weighted by molar-refractivity contribution is 5.75. The number of hydrogen-bond acceptors (Lipinski definition) is 2. The Balaban J connectivity index is 1.43. The van der Waals surface area contributed by atoms with Gasteiger partial charge in [-0.2, -0.15) is 0 Å². The zero-order valence-corrected chi connectivity index (χ0v) is 17.2. The summed E-state index contributed by atoms with van der Waals surface area (Å²) in [6, 6.07) is 16.0. The fraction of sp³-hybridized carbons (Fsp3) is 0.480. The Hall–Kier alpha value is -2.29. The highest BCUT2D eigenvalue weighted by Gasteiger charge is 2.26. The van der Waals surface area contributed by atoms with Gasteiger partial charge in [0, 0.05) is 31.7 Å². The van der Waals surface area contributed by atoms with Gasteiger partial charge in [-0.05, 0) is 65.8 Å². The van der Waals surface area contributed by atoms with E-state index in [4.69, 9.17) is 0 Å². The van der Waals surface area contributed by atoms with Crippen LogP contribution in [0, 0.1) is 5.92 Å². The smallest absolute Gasteiger partial charge is 0.222 e. The molecule has 1 amide bonds. The van der Waals surface area contributed by atoms with Crippen LogP contribution in [0.2, 0.25) is 0 Å². The van der Waals surface area contributed by atoms with Crippen LogP contribution in [-0.4, -0.2) is 30.4 Å². The maximum atomic E-state index is 11.9. The number of hydrogen-bond donors (Lipinski definition) is 1. The fourth-order valence-electron chi connectivity index (χ4n) is 4.76. The highest BCUT2D eigenvalue weighted by Crippen LogP contribution is 2.34. The maximum absolute atomic E-state index is 11.9. The van der Waals surface area contributed by atoms with E-state index in [-0.39, 0.29) is 0 Å². The predicted octanol–water partition coefficient (Wildman–Crippen LogP) is 5.46. The van der Waals surface area contributed by atoms with E-state index in [2.05, 4.69) is 54.7 Å². The number of aryl methyl sites for hydroxylation is 1. The molecule has 28 heavy (non-hydrogen) atoms. The number of carbonyl (C=O) groups excluding carboxylic acids is 1. The van der Waals surface area contributed by atoms with Crippen LogP contribution in [-0.2, 0) is 11.2 Å². The quantitative estimate of drug-likeness (QED) is 0.768. The Morgan fingerprint density at radius 1 is 1.11 bits per heavy atom. The molecule has 3 nitrogen and oxygen atoms in total. The normalized spacial score (nSPS) is 18.3. The number of nitrogens with one attached hydrogen (secondary N) is 1. The van der Waals surface area contributed by atoms with Crippen molar-refractivity contribution in [3.63, 3.8) is 0 Å². The lowest BCUT2D eigenvalue weighted by atomic mass is 9.81.